The van der Waals surface area contributed by atoms with Crippen molar-refractivity contribution >= 4 is 0 Å². The second-order valence-electron chi connectivity index (χ2n) is 6.48. The second kappa shape index (κ2) is 8.19. The van der Waals surface area contributed by atoms with Crippen molar-refractivity contribution in [2.24, 2.45) is 0 Å². The number of nitro groups is 1. The SMILES string of the molecule is CCOc1ccc(C2CN(Cc3ccccc3)CC2[N+](=O)[O-])cc1OC. The average molecular weight is 356 g/mol. The number of benzene rings is 2. The summed E-state index contributed by atoms with van der Waals surface area (Å²) in [7, 11) is 1.59. The van der Waals surface area contributed by atoms with Crippen molar-refractivity contribution < 1.29 is 14.4 Å². The molecule has 26 heavy (non-hydrogen) atoms. The maximum Gasteiger partial charge on any atom is 0.233 e. The largest absolute Gasteiger partial charge is 0.493 e. The molecule has 0 amide bonds. The molecule has 1 heterocycles. The molecule has 1 aliphatic rings. The maximum atomic E-state index is 11.6. The van der Waals surface area contributed by atoms with Crippen LogP contribution in [0.5, 0.6) is 11.5 Å². The Morgan fingerprint density at radius 2 is 1.92 bits per heavy atom. The molecule has 6 nitrogen and oxygen atoms in total. The fourth-order valence-electron chi connectivity index (χ4n) is 3.57. The highest BCUT2D eigenvalue weighted by Crippen LogP contribution is 2.36. The number of likely N-dealkylation sites (tertiary alicyclic amines) is 1. The van der Waals surface area contributed by atoms with Gasteiger partial charge in [-0.25, -0.2) is 0 Å². The van der Waals surface area contributed by atoms with E-state index in [1.54, 1.807) is 7.11 Å². The van der Waals surface area contributed by atoms with Gasteiger partial charge in [-0.3, -0.25) is 15.0 Å². The lowest BCUT2D eigenvalue weighted by Gasteiger charge is -2.17. The van der Waals surface area contributed by atoms with E-state index in [1.165, 1.54) is 5.56 Å². The van der Waals surface area contributed by atoms with Gasteiger partial charge in [0.2, 0.25) is 6.04 Å². The normalized spacial score (nSPS) is 20.1. The molecule has 6 heteroatoms. The predicted molar refractivity (Wildman–Crippen MR) is 99.4 cm³/mol. The van der Waals surface area contributed by atoms with Gasteiger partial charge in [0, 0.05) is 18.0 Å². The Kier molecular flexibility index (Phi) is 5.73. The molecule has 0 bridgehead atoms. The van der Waals surface area contributed by atoms with Gasteiger partial charge < -0.3 is 9.47 Å². The molecular weight excluding hydrogens is 332 g/mol. The summed E-state index contributed by atoms with van der Waals surface area (Å²) in [5.74, 6) is 1.11. The first-order chi connectivity index (χ1) is 12.6. The van der Waals surface area contributed by atoms with E-state index in [-0.39, 0.29) is 10.8 Å². The minimum absolute atomic E-state index is 0.154. The molecule has 138 valence electrons. The van der Waals surface area contributed by atoms with E-state index in [0.717, 1.165) is 12.1 Å². The zero-order chi connectivity index (χ0) is 18.5. The smallest absolute Gasteiger partial charge is 0.233 e. The Morgan fingerprint density at radius 3 is 2.58 bits per heavy atom. The monoisotopic (exact) mass is 356 g/mol. The number of ether oxygens (including phenoxy) is 2. The van der Waals surface area contributed by atoms with Crippen molar-refractivity contribution in [1.82, 2.24) is 4.90 Å². The van der Waals surface area contributed by atoms with Gasteiger partial charge >= 0.3 is 0 Å². The molecule has 0 aliphatic carbocycles. The van der Waals surface area contributed by atoms with E-state index >= 15 is 0 Å². The zero-order valence-electron chi connectivity index (χ0n) is 15.1. The van der Waals surface area contributed by atoms with Crippen molar-refractivity contribution in [1.29, 1.82) is 0 Å². The molecule has 1 aliphatic heterocycles. The molecule has 0 radical (unpaired) electrons. The zero-order valence-corrected chi connectivity index (χ0v) is 15.1. The number of nitrogens with zero attached hydrogens (tertiary/aromatic N) is 2. The van der Waals surface area contributed by atoms with Gasteiger partial charge in [-0.05, 0) is 30.2 Å². The highest BCUT2D eigenvalue weighted by molar-refractivity contribution is 5.44. The topological polar surface area (TPSA) is 64.8 Å². The van der Waals surface area contributed by atoms with Crippen LogP contribution in [0.2, 0.25) is 0 Å². The van der Waals surface area contributed by atoms with E-state index in [4.69, 9.17) is 9.47 Å². The molecule has 2 atom stereocenters. The maximum absolute atomic E-state index is 11.6. The lowest BCUT2D eigenvalue weighted by molar-refractivity contribution is -0.521. The van der Waals surface area contributed by atoms with Gasteiger partial charge in [-0.2, -0.15) is 0 Å². The number of hydrogen-bond donors (Lipinski definition) is 0. The van der Waals surface area contributed by atoms with Crippen molar-refractivity contribution in [3.8, 4) is 11.5 Å². The highest BCUT2D eigenvalue weighted by atomic mass is 16.6. The summed E-state index contributed by atoms with van der Waals surface area (Å²) in [6.45, 7) is 4.27. The van der Waals surface area contributed by atoms with E-state index in [1.807, 2.05) is 43.3 Å². The van der Waals surface area contributed by atoms with Gasteiger partial charge in [-0.15, -0.1) is 0 Å². The third-order valence-corrected chi connectivity index (χ3v) is 4.80. The van der Waals surface area contributed by atoms with Crippen molar-refractivity contribution in [2.45, 2.75) is 25.4 Å². The van der Waals surface area contributed by atoms with Crippen LogP contribution in [0.1, 0.15) is 24.0 Å². The van der Waals surface area contributed by atoms with E-state index in [9.17, 15) is 10.1 Å². The number of hydrogen-bond acceptors (Lipinski definition) is 5. The summed E-state index contributed by atoms with van der Waals surface area (Å²) in [5, 5.41) is 11.6. The van der Waals surface area contributed by atoms with E-state index in [2.05, 4.69) is 17.0 Å². The van der Waals surface area contributed by atoms with Gasteiger partial charge in [-0.1, -0.05) is 36.4 Å². The average Bonchev–Trinajstić information content (AvgIpc) is 3.07. The fourth-order valence-corrected chi connectivity index (χ4v) is 3.57. The molecule has 0 aromatic heterocycles. The highest BCUT2D eigenvalue weighted by Gasteiger charge is 2.42. The number of rotatable bonds is 7. The van der Waals surface area contributed by atoms with E-state index in [0.29, 0.717) is 31.2 Å². The summed E-state index contributed by atoms with van der Waals surface area (Å²) in [4.78, 5) is 13.6. The third kappa shape index (κ3) is 3.96. The predicted octanol–water partition coefficient (Wildman–Crippen LogP) is 3.34. The molecule has 1 fully saturated rings. The van der Waals surface area contributed by atoms with Gasteiger partial charge in [0.25, 0.3) is 0 Å². The van der Waals surface area contributed by atoms with Crippen LogP contribution < -0.4 is 9.47 Å². The first-order valence-corrected chi connectivity index (χ1v) is 8.83. The van der Waals surface area contributed by atoms with Crippen LogP contribution in [-0.2, 0) is 6.54 Å². The van der Waals surface area contributed by atoms with Crippen LogP contribution >= 0.6 is 0 Å². The lowest BCUT2D eigenvalue weighted by Crippen LogP contribution is -2.28. The molecular formula is C20H24N2O4. The Balaban J connectivity index is 1.82. The van der Waals surface area contributed by atoms with E-state index < -0.39 is 6.04 Å². The van der Waals surface area contributed by atoms with Gasteiger partial charge in [0.15, 0.2) is 11.5 Å². The first-order valence-electron chi connectivity index (χ1n) is 8.83. The van der Waals surface area contributed by atoms with Crippen LogP contribution in [0.15, 0.2) is 48.5 Å². The minimum atomic E-state index is -0.624. The minimum Gasteiger partial charge on any atom is -0.493 e. The summed E-state index contributed by atoms with van der Waals surface area (Å²) in [5.41, 5.74) is 2.09. The van der Waals surface area contributed by atoms with Crippen molar-refractivity contribution in [2.75, 3.05) is 26.8 Å². The Morgan fingerprint density at radius 1 is 1.15 bits per heavy atom. The Hall–Kier alpha value is -2.60. The second-order valence-corrected chi connectivity index (χ2v) is 6.48. The number of methoxy groups -OCH3 is 1. The Labute approximate surface area is 153 Å². The first kappa shape index (κ1) is 18.2. The van der Waals surface area contributed by atoms with Crippen LogP contribution in [0.25, 0.3) is 0 Å². The molecule has 2 aromatic carbocycles. The molecule has 0 saturated carbocycles. The van der Waals surface area contributed by atoms with Gasteiger partial charge in [0.05, 0.1) is 26.2 Å². The van der Waals surface area contributed by atoms with Crippen LogP contribution in [-0.4, -0.2) is 42.7 Å². The molecule has 3 rings (SSSR count). The lowest BCUT2D eigenvalue weighted by atomic mass is 9.94. The molecule has 2 aromatic rings. The summed E-state index contributed by atoms with van der Waals surface area (Å²) in [6, 6.07) is 15.1. The fraction of sp³-hybridized carbons (Fsp3) is 0.400. The third-order valence-electron chi connectivity index (χ3n) is 4.80. The summed E-state index contributed by atoms with van der Waals surface area (Å²) < 4.78 is 11.0. The van der Waals surface area contributed by atoms with Crippen LogP contribution in [0.4, 0.5) is 0 Å². The molecule has 0 N–H and O–H groups in total. The van der Waals surface area contributed by atoms with Crippen molar-refractivity contribution in [3.05, 3.63) is 69.8 Å². The van der Waals surface area contributed by atoms with Crippen molar-refractivity contribution in [3.63, 3.8) is 0 Å². The summed E-state index contributed by atoms with van der Waals surface area (Å²) >= 11 is 0. The standard InChI is InChI=1S/C20H24N2O4/c1-3-26-19-10-9-16(11-20(19)25-2)17-13-21(14-18(17)22(23)24)12-15-7-5-4-6-8-15/h4-11,17-18H,3,12-14H2,1-2H3. The van der Waals surface area contributed by atoms with Crippen LogP contribution in [0, 0.1) is 10.1 Å². The molecule has 1 saturated heterocycles. The van der Waals surface area contributed by atoms with Gasteiger partial charge in [0.1, 0.15) is 0 Å². The molecule has 0 spiro atoms. The van der Waals surface area contributed by atoms with Crippen LogP contribution in [0.3, 0.4) is 0 Å². The quantitative estimate of drug-likeness (QED) is 0.562. The molecule has 2 unspecified atom stereocenters. The Bertz CT molecular complexity index is 751. The summed E-state index contributed by atoms with van der Waals surface area (Å²) in [6.07, 6.45) is 0.